The lowest BCUT2D eigenvalue weighted by molar-refractivity contribution is 0.122. The van der Waals surface area contributed by atoms with Crippen LogP contribution >= 0.6 is 0 Å². The van der Waals surface area contributed by atoms with Gasteiger partial charge in [-0.25, -0.2) is 9.97 Å². The van der Waals surface area contributed by atoms with Crippen molar-refractivity contribution in [2.45, 2.75) is 25.9 Å². The van der Waals surface area contributed by atoms with Crippen LogP contribution in [0.4, 0.5) is 0 Å². The summed E-state index contributed by atoms with van der Waals surface area (Å²) in [6.07, 6.45) is 6.90. The molecule has 6 heteroatoms. The minimum atomic E-state index is 0.0251. The Labute approximate surface area is 146 Å². The van der Waals surface area contributed by atoms with Crippen LogP contribution in [-0.4, -0.2) is 37.1 Å². The number of nitrogens with zero attached hydrogens (tertiary/aromatic N) is 5. The minimum absolute atomic E-state index is 0.0251. The highest BCUT2D eigenvalue weighted by molar-refractivity contribution is 5.77. The summed E-state index contributed by atoms with van der Waals surface area (Å²) in [5, 5.41) is 0.678. The fourth-order valence-corrected chi connectivity index (χ4v) is 3.72. The van der Waals surface area contributed by atoms with Gasteiger partial charge < -0.3 is 4.57 Å². The van der Waals surface area contributed by atoms with E-state index in [4.69, 9.17) is 4.98 Å². The summed E-state index contributed by atoms with van der Waals surface area (Å²) in [7, 11) is 1.82. The van der Waals surface area contributed by atoms with Gasteiger partial charge in [-0.3, -0.25) is 14.3 Å². The highest BCUT2D eigenvalue weighted by atomic mass is 16.1. The zero-order valence-corrected chi connectivity index (χ0v) is 14.7. The maximum absolute atomic E-state index is 12.6. The number of rotatable bonds is 3. The predicted octanol–water partition coefficient (Wildman–Crippen LogP) is 2.21. The van der Waals surface area contributed by atoms with Gasteiger partial charge in [0.05, 0.1) is 23.8 Å². The van der Waals surface area contributed by atoms with Gasteiger partial charge in [-0.05, 0) is 31.0 Å². The molecule has 0 radical (unpaired) electrons. The van der Waals surface area contributed by atoms with Crippen molar-refractivity contribution in [1.82, 2.24) is 24.0 Å². The number of para-hydroxylation sites is 1. The van der Waals surface area contributed by atoms with E-state index in [1.54, 1.807) is 4.57 Å². The van der Waals surface area contributed by atoms with Crippen molar-refractivity contribution in [3.63, 3.8) is 0 Å². The molecular weight excluding hydrogens is 314 g/mol. The lowest BCUT2D eigenvalue weighted by Crippen LogP contribution is -2.41. The molecule has 1 aliphatic rings. The van der Waals surface area contributed by atoms with Crippen LogP contribution in [0, 0.1) is 5.92 Å². The first-order valence-corrected chi connectivity index (χ1v) is 8.78. The van der Waals surface area contributed by atoms with E-state index in [-0.39, 0.29) is 5.56 Å². The Hall–Kier alpha value is -2.47. The Morgan fingerprint density at radius 3 is 2.92 bits per heavy atom. The normalized spacial score (nSPS) is 21.7. The zero-order valence-electron chi connectivity index (χ0n) is 14.7. The van der Waals surface area contributed by atoms with Gasteiger partial charge in [0.2, 0.25) is 0 Å². The second-order valence-electron chi connectivity index (χ2n) is 6.99. The van der Waals surface area contributed by atoms with E-state index in [9.17, 15) is 4.79 Å². The highest BCUT2D eigenvalue weighted by Crippen LogP contribution is 2.28. The molecule has 0 saturated carbocycles. The third kappa shape index (κ3) is 2.98. The van der Waals surface area contributed by atoms with Crippen LogP contribution in [0.25, 0.3) is 10.9 Å². The third-order valence-electron chi connectivity index (χ3n) is 5.35. The van der Waals surface area contributed by atoms with E-state index in [0.29, 0.717) is 23.9 Å². The average molecular weight is 337 g/mol. The summed E-state index contributed by atoms with van der Waals surface area (Å²) < 4.78 is 3.89. The Morgan fingerprint density at radius 1 is 1.28 bits per heavy atom. The van der Waals surface area contributed by atoms with Crippen molar-refractivity contribution in [2.24, 2.45) is 13.0 Å². The first kappa shape index (κ1) is 16.0. The van der Waals surface area contributed by atoms with Crippen LogP contribution in [0.5, 0.6) is 0 Å². The Morgan fingerprint density at radius 2 is 2.12 bits per heavy atom. The smallest absolute Gasteiger partial charge is 0.261 e. The number of fused-ring (bicyclic) bond motifs is 1. The summed E-state index contributed by atoms with van der Waals surface area (Å²) in [5.74, 6) is 1.43. The molecule has 0 amide bonds. The molecule has 1 aromatic carbocycles. The van der Waals surface area contributed by atoms with Crippen molar-refractivity contribution < 1.29 is 0 Å². The summed E-state index contributed by atoms with van der Waals surface area (Å²) in [4.78, 5) is 23.9. The molecule has 130 valence electrons. The monoisotopic (exact) mass is 337 g/mol. The van der Waals surface area contributed by atoms with E-state index < -0.39 is 0 Å². The molecule has 2 aromatic heterocycles. The minimum Gasteiger partial charge on any atom is -0.333 e. The van der Waals surface area contributed by atoms with E-state index in [0.717, 1.165) is 30.9 Å². The van der Waals surface area contributed by atoms with Gasteiger partial charge in [0.1, 0.15) is 5.82 Å². The maximum atomic E-state index is 12.6. The molecule has 1 saturated heterocycles. The van der Waals surface area contributed by atoms with Crippen LogP contribution in [0.3, 0.4) is 0 Å². The van der Waals surface area contributed by atoms with Crippen molar-refractivity contribution in [3.05, 3.63) is 59.2 Å². The molecule has 3 aromatic rings. The summed E-state index contributed by atoms with van der Waals surface area (Å²) in [5.41, 5.74) is 0.800. The number of likely N-dealkylation sites (tertiary alicyclic amines) is 1. The van der Waals surface area contributed by atoms with Gasteiger partial charge in [0.25, 0.3) is 5.56 Å². The molecule has 2 atom stereocenters. The standard InChI is InChI=1S/C19H23N5O/c1-14-7-9-23(11-17(14)24-10-8-20-13-24)12-18-21-16-6-4-3-5-15(16)19(25)22(18)2/h3-6,8,10,13-14,17H,7,9,11-12H2,1-2H3/t14-,17-/m0/s1. The van der Waals surface area contributed by atoms with Gasteiger partial charge in [-0.15, -0.1) is 0 Å². The molecule has 0 N–H and O–H groups in total. The molecule has 0 unspecified atom stereocenters. The first-order chi connectivity index (χ1) is 12.1. The third-order valence-corrected chi connectivity index (χ3v) is 5.35. The van der Waals surface area contributed by atoms with Gasteiger partial charge in [0.15, 0.2) is 0 Å². The van der Waals surface area contributed by atoms with E-state index >= 15 is 0 Å². The number of benzene rings is 1. The Kier molecular flexibility index (Phi) is 4.13. The van der Waals surface area contributed by atoms with Crippen molar-refractivity contribution in [3.8, 4) is 0 Å². The summed E-state index contributed by atoms with van der Waals surface area (Å²) >= 11 is 0. The summed E-state index contributed by atoms with van der Waals surface area (Å²) in [6, 6.07) is 7.97. The molecule has 6 nitrogen and oxygen atoms in total. The summed E-state index contributed by atoms with van der Waals surface area (Å²) in [6.45, 7) is 4.95. The lowest BCUT2D eigenvalue weighted by Gasteiger charge is -2.37. The SMILES string of the molecule is C[C@H]1CCN(Cc2nc3ccccc3c(=O)n2C)C[C@@H]1n1ccnc1. The van der Waals surface area contributed by atoms with Crippen molar-refractivity contribution in [1.29, 1.82) is 0 Å². The van der Waals surface area contributed by atoms with E-state index in [1.807, 2.05) is 50.0 Å². The van der Waals surface area contributed by atoms with Crippen LogP contribution in [-0.2, 0) is 13.6 Å². The second-order valence-corrected chi connectivity index (χ2v) is 6.99. The maximum Gasteiger partial charge on any atom is 0.261 e. The van der Waals surface area contributed by atoms with Crippen LogP contribution < -0.4 is 5.56 Å². The van der Waals surface area contributed by atoms with E-state index in [1.165, 1.54) is 0 Å². The lowest BCUT2D eigenvalue weighted by atomic mass is 9.93. The van der Waals surface area contributed by atoms with Gasteiger partial charge >= 0.3 is 0 Å². The Bertz CT molecular complexity index is 931. The van der Waals surface area contributed by atoms with Gasteiger partial charge in [-0.1, -0.05) is 19.1 Å². The van der Waals surface area contributed by atoms with Gasteiger partial charge in [-0.2, -0.15) is 0 Å². The largest absolute Gasteiger partial charge is 0.333 e. The second kappa shape index (κ2) is 6.44. The topological polar surface area (TPSA) is 56.0 Å². The van der Waals surface area contributed by atoms with Crippen LogP contribution in [0.2, 0.25) is 0 Å². The van der Waals surface area contributed by atoms with Gasteiger partial charge in [0, 0.05) is 32.0 Å². The molecule has 0 spiro atoms. The van der Waals surface area contributed by atoms with Crippen molar-refractivity contribution in [2.75, 3.05) is 13.1 Å². The molecule has 0 aliphatic carbocycles. The molecule has 4 rings (SSSR count). The zero-order chi connectivity index (χ0) is 17.4. The molecule has 1 fully saturated rings. The number of piperidine rings is 1. The molecule has 25 heavy (non-hydrogen) atoms. The highest BCUT2D eigenvalue weighted by Gasteiger charge is 2.28. The predicted molar refractivity (Wildman–Crippen MR) is 97.3 cm³/mol. The molecule has 3 heterocycles. The number of hydrogen-bond donors (Lipinski definition) is 0. The first-order valence-electron chi connectivity index (χ1n) is 8.78. The number of aromatic nitrogens is 4. The van der Waals surface area contributed by atoms with Crippen LogP contribution in [0.1, 0.15) is 25.2 Å². The van der Waals surface area contributed by atoms with Crippen molar-refractivity contribution >= 4 is 10.9 Å². The molecule has 1 aliphatic heterocycles. The molecular formula is C19H23N5O. The number of hydrogen-bond acceptors (Lipinski definition) is 4. The fraction of sp³-hybridized carbons (Fsp3) is 0.421. The van der Waals surface area contributed by atoms with E-state index in [2.05, 4.69) is 21.4 Å². The van der Waals surface area contributed by atoms with Crippen LogP contribution in [0.15, 0.2) is 47.8 Å². The Balaban J connectivity index is 1.61. The number of imidazole rings is 1. The molecule has 0 bridgehead atoms. The average Bonchev–Trinajstić information content (AvgIpc) is 3.15. The fourth-order valence-electron chi connectivity index (χ4n) is 3.72. The quantitative estimate of drug-likeness (QED) is 0.735.